The Morgan fingerprint density at radius 3 is 2.45 bits per heavy atom. The Morgan fingerprint density at radius 1 is 1.45 bits per heavy atom. The average molecular weight is 170 g/mol. The van der Waals surface area contributed by atoms with E-state index in [1.165, 1.54) is 0 Å². The fourth-order valence-electron chi connectivity index (χ4n) is 0.825. The molecule has 1 aromatic carbocycles. The SMILES string of the molecule is N=C(N)c1c(N)cccc1Cl. The molecule has 58 valence electrons. The summed E-state index contributed by atoms with van der Waals surface area (Å²) in [6.45, 7) is 0. The highest BCUT2D eigenvalue weighted by Crippen LogP contribution is 2.20. The van der Waals surface area contributed by atoms with Crippen LogP contribution in [0.2, 0.25) is 5.02 Å². The number of nitrogens with one attached hydrogen (secondary N) is 1. The van der Waals surface area contributed by atoms with Crippen LogP contribution in [-0.4, -0.2) is 5.84 Å². The first kappa shape index (κ1) is 7.88. The summed E-state index contributed by atoms with van der Waals surface area (Å²) in [7, 11) is 0. The van der Waals surface area contributed by atoms with Gasteiger partial charge in [0.2, 0.25) is 0 Å². The molecule has 1 rings (SSSR count). The second kappa shape index (κ2) is 2.80. The molecule has 0 spiro atoms. The lowest BCUT2D eigenvalue weighted by molar-refractivity contribution is 1.42. The van der Waals surface area contributed by atoms with E-state index in [9.17, 15) is 0 Å². The maximum atomic E-state index is 7.13. The molecule has 0 atom stereocenters. The normalized spacial score (nSPS) is 9.55. The number of nitrogen functional groups attached to an aromatic ring is 2. The minimum Gasteiger partial charge on any atom is -0.398 e. The lowest BCUT2D eigenvalue weighted by atomic mass is 10.1. The molecule has 0 fully saturated rings. The third-order valence-corrected chi connectivity index (χ3v) is 1.63. The molecule has 0 aliphatic rings. The summed E-state index contributed by atoms with van der Waals surface area (Å²) in [6, 6.07) is 5.02. The van der Waals surface area contributed by atoms with Gasteiger partial charge in [-0.2, -0.15) is 0 Å². The van der Waals surface area contributed by atoms with Gasteiger partial charge in [0.25, 0.3) is 0 Å². The molecule has 1 aromatic rings. The van der Waals surface area contributed by atoms with E-state index >= 15 is 0 Å². The van der Waals surface area contributed by atoms with Gasteiger partial charge in [0.05, 0.1) is 10.6 Å². The number of anilines is 1. The molecule has 0 aliphatic carbocycles. The van der Waals surface area contributed by atoms with Crippen LogP contribution in [0.1, 0.15) is 5.56 Å². The molecular weight excluding hydrogens is 162 g/mol. The minimum absolute atomic E-state index is 0.104. The predicted molar refractivity (Wildman–Crippen MR) is 46.9 cm³/mol. The molecule has 0 amide bonds. The molecule has 3 nitrogen and oxygen atoms in total. The summed E-state index contributed by atoms with van der Waals surface area (Å²) < 4.78 is 0. The van der Waals surface area contributed by atoms with Gasteiger partial charge in [-0.1, -0.05) is 17.7 Å². The van der Waals surface area contributed by atoms with E-state index in [1.807, 2.05) is 0 Å². The van der Waals surface area contributed by atoms with Crippen LogP contribution in [0.15, 0.2) is 18.2 Å². The summed E-state index contributed by atoms with van der Waals surface area (Å²) in [5.74, 6) is -0.104. The van der Waals surface area contributed by atoms with Gasteiger partial charge >= 0.3 is 0 Å². The molecule has 4 heteroatoms. The second-order valence-corrected chi connectivity index (χ2v) is 2.52. The molecule has 0 aromatic heterocycles. The van der Waals surface area contributed by atoms with E-state index in [0.29, 0.717) is 16.3 Å². The monoisotopic (exact) mass is 169 g/mol. The van der Waals surface area contributed by atoms with Gasteiger partial charge in [-0.3, -0.25) is 5.41 Å². The van der Waals surface area contributed by atoms with Crippen molar-refractivity contribution in [3.63, 3.8) is 0 Å². The van der Waals surface area contributed by atoms with Gasteiger partial charge in [0.15, 0.2) is 0 Å². The average Bonchev–Trinajstić information content (AvgIpc) is 1.85. The van der Waals surface area contributed by atoms with Gasteiger partial charge < -0.3 is 11.5 Å². The van der Waals surface area contributed by atoms with Gasteiger partial charge in [0, 0.05) is 5.69 Å². The van der Waals surface area contributed by atoms with E-state index in [-0.39, 0.29) is 5.84 Å². The topological polar surface area (TPSA) is 75.9 Å². The maximum Gasteiger partial charge on any atom is 0.126 e. The van der Waals surface area contributed by atoms with Crippen molar-refractivity contribution in [2.75, 3.05) is 5.73 Å². The van der Waals surface area contributed by atoms with E-state index < -0.39 is 0 Å². The quantitative estimate of drug-likeness (QED) is 0.336. The summed E-state index contributed by atoms with van der Waals surface area (Å²) in [6.07, 6.45) is 0. The van der Waals surface area contributed by atoms with Crippen molar-refractivity contribution in [3.05, 3.63) is 28.8 Å². The van der Waals surface area contributed by atoms with E-state index in [0.717, 1.165) is 0 Å². The van der Waals surface area contributed by atoms with Crippen LogP contribution in [0, 0.1) is 5.41 Å². The lowest BCUT2D eigenvalue weighted by Crippen LogP contribution is -2.13. The standard InChI is InChI=1S/C7H8ClN3/c8-4-2-1-3-5(9)6(4)7(10)11/h1-3H,9H2,(H3,10,11). The van der Waals surface area contributed by atoms with Crippen LogP contribution in [0.3, 0.4) is 0 Å². The first-order valence-corrected chi connectivity index (χ1v) is 3.39. The van der Waals surface area contributed by atoms with Crippen molar-refractivity contribution < 1.29 is 0 Å². The van der Waals surface area contributed by atoms with Crippen LogP contribution in [-0.2, 0) is 0 Å². The highest BCUT2D eigenvalue weighted by Gasteiger charge is 2.05. The van der Waals surface area contributed by atoms with E-state index in [4.69, 9.17) is 28.5 Å². The first-order valence-electron chi connectivity index (χ1n) is 3.01. The molecule has 0 saturated carbocycles. The number of nitrogens with two attached hydrogens (primary N) is 2. The summed E-state index contributed by atoms with van der Waals surface area (Å²) in [5, 5.41) is 7.54. The molecular formula is C7H8ClN3. The number of rotatable bonds is 1. The zero-order valence-corrected chi connectivity index (χ0v) is 6.52. The Balaban J connectivity index is 3.32. The summed E-state index contributed by atoms with van der Waals surface area (Å²) in [4.78, 5) is 0. The van der Waals surface area contributed by atoms with Gasteiger partial charge in [0.1, 0.15) is 5.84 Å². The zero-order chi connectivity index (χ0) is 8.43. The van der Waals surface area contributed by atoms with Crippen molar-refractivity contribution in [1.82, 2.24) is 0 Å². The molecule has 0 bridgehead atoms. The van der Waals surface area contributed by atoms with Crippen molar-refractivity contribution in [2.24, 2.45) is 5.73 Å². The molecule has 0 unspecified atom stereocenters. The van der Waals surface area contributed by atoms with E-state index in [1.54, 1.807) is 18.2 Å². The highest BCUT2D eigenvalue weighted by atomic mass is 35.5. The van der Waals surface area contributed by atoms with Gasteiger partial charge in [-0.15, -0.1) is 0 Å². The number of amidine groups is 1. The summed E-state index contributed by atoms with van der Waals surface area (Å²) in [5.41, 5.74) is 11.6. The maximum absolute atomic E-state index is 7.13. The van der Waals surface area contributed by atoms with Crippen LogP contribution in [0.5, 0.6) is 0 Å². The van der Waals surface area contributed by atoms with Crippen LogP contribution in [0.4, 0.5) is 5.69 Å². The third-order valence-electron chi connectivity index (χ3n) is 1.32. The van der Waals surface area contributed by atoms with Crippen LogP contribution >= 0.6 is 11.6 Å². The molecule has 0 heterocycles. The van der Waals surface area contributed by atoms with Crippen molar-refractivity contribution in [3.8, 4) is 0 Å². The Labute approximate surface area is 69.5 Å². The largest absolute Gasteiger partial charge is 0.398 e. The molecule has 0 saturated heterocycles. The van der Waals surface area contributed by atoms with Crippen molar-refractivity contribution in [2.45, 2.75) is 0 Å². The van der Waals surface area contributed by atoms with E-state index in [2.05, 4.69) is 0 Å². The fourth-order valence-corrected chi connectivity index (χ4v) is 1.11. The lowest BCUT2D eigenvalue weighted by Gasteiger charge is -2.04. The Kier molecular flexibility index (Phi) is 2.01. The Hall–Kier alpha value is -1.22. The minimum atomic E-state index is -0.104. The van der Waals surface area contributed by atoms with Crippen molar-refractivity contribution >= 4 is 23.1 Å². The predicted octanol–water partition coefficient (Wildman–Crippen LogP) is 1.21. The fraction of sp³-hybridized carbons (Fsp3) is 0. The second-order valence-electron chi connectivity index (χ2n) is 2.12. The molecule has 0 aliphatic heterocycles. The smallest absolute Gasteiger partial charge is 0.126 e. The molecule has 5 N–H and O–H groups in total. The van der Waals surface area contributed by atoms with Crippen LogP contribution in [0.25, 0.3) is 0 Å². The van der Waals surface area contributed by atoms with Crippen LogP contribution < -0.4 is 11.5 Å². The summed E-state index contributed by atoms with van der Waals surface area (Å²) >= 11 is 5.72. The number of halogens is 1. The number of hydrogen-bond acceptors (Lipinski definition) is 2. The Morgan fingerprint density at radius 2 is 2.09 bits per heavy atom. The highest BCUT2D eigenvalue weighted by molar-refractivity contribution is 6.34. The molecule has 11 heavy (non-hydrogen) atoms. The van der Waals surface area contributed by atoms with Gasteiger partial charge in [-0.05, 0) is 12.1 Å². The third kappa shape index (κ3) is 1.43. The first-order chi connectivity index (χ1) is 5.13. The molecule has 0 radical (unpaired) electrons. The number of hydrogen-bond donors (Lipinski definition) is 3. The van der Waals surface area contributed by atoms with Gasteiger partial charge in [-0.25, -0.2) is 0 Å². The number of benzene rings is 1. The Bertz CT molecular complexity index is 275. The van der Waals surface area contributed by atoms with Crippen molar-refractivity contribution in [1.29, 1.82) is 5.41 Å². The zero-order valence-electron chi connectivity index (χ0n) is 5.76.